The van der Waals surface area contributed by atoms with E-state index >= 15 is 0 Å². The number of hydrogen-bond donors (Lipinski definition) is 1. The highest BCUT2D eigenvalue weighted by molar-refractivity contribution is 7.89. The highest BCUT2D eigenvalue weighted by atomic mass is 32.2. The van der Waals surface area contributed by atoms with Gasteiger partial charge in [-0.1, -0.05) is 6.07 Å². The molecule has 2 aliphatic heterocycles. The number of carbonyl (C=O) groups is 2. The van der Waals surface area contributed by atoms with E-state index in [-0.39, 0.29) is 11.9 Å². The summed E-state index contributed by atoms with van der Waals surface area (Å²) in [5, 5.41) is 2.63. The van der Waals surface area contributed by atoms with Crippen LogP contribution in [0, 0.1) is 27.7 Å². The zero-order valence-corrected chi connectivity index (χ0v) is 18.6. The first kappa shape index (κ1) is 21.7. The maximum absolute atomic E-state index is 13.4. The molecule has 0 unspecified atom stereocenters. The smallest absolute Gasteiger partial charge is 0.324 e. The molecule has 0 spiro atoms. The molecule has 2 fully saturated rings. The summed E-state index contributed by atoms with van der Waals surface area (Å²) < 4.78 is 28.3. The van der Waals surface area contributed by atoms with Crippen molar-refractivity contribution < 1.29 is 18.0 Å². The molecular weight excluding hydrogens is 392 g/mol. The maximum atomic E-state index is 13.4. The number of sulfonamides is 1. The summed E-state index contributed by atoms with van der Waals surface area (Å²) in [5.41, 5.74) is 3.51. The van der Waals surface area contributed by atoms with Gasteiger partial charge in [-0.15, -0.1) is 0 Å². The lowest BCUT2D eigenvalue weighted by molar-refractivity contribution is -0.133. The molecule has 2 aliphatic rings. The average molecular weight is 423 g/mol. The molecule has 160 valence electrons. The van der Waals surface area contributed by atoms with E-state index < -0.39 is 16.1 Å². The van der Waals surface area contributed by atoms with Crippen molar-refractivity contribution in [3.8, 4) is 0 Å². The Kier molecular flexibility index (Phi) is 6.03. The Morgan fingerprint density at radius 2 is 1.55 bits per heavy atom. The number of carbonyl (C=O) groups excluding carboxylic acids is 2. The standard InChI is InChI=1S/C20H30N4O4S/c1-13-12-14(2)16(4)18(15(13)3)29(27,28)23-10-8-22(9-11-23)17(5)19(25)24-7-6-21-20(24)26/h12,17H,6-11H2,1-5H3,(H,21,26)/t17-/m1/s1. The van der Waals surface area contributed by atoms with Crippen LogP contribution in [-0.2, 0) is 14.8 Å². The van der Waals surface area contributed by atoms with E-state index in [1.54, 1.807) is 6.92 Å². The van der Waals surface area contributed by atoms with E-state index in [1.165, 1.54) is 9.21 Å². The van der Waals surface area contributed by atoms with Crippen molar-refractivity contribution in [2.45, 2.75) is 45.6 Å². The third-order valence-electron chi connectivity index (χ3n) is 6.20. The van der Waals surface area contributed by atoms with Gasteiger partial charge in [0.1, 0.15) is 0 Å². The Labute approximate surface area is 172 Å². The number of hydrogen-bond acceptors (Lipinski definition) is 5. The van der Waals surface area contributed by atoms with Gasteiger partial charge in [-0.3, -0.25) is 14.6 Å². The number of urea groups is 1. The van der Waals surface area contributed by atoms with Crippen LogP contribution in [0.2, 0.25) is 0 Å². The lowest BCUT2D eigenvalue weighted by Gasteiger charge is -2.37. The Morgan fingerprint density at radius 1 is 1.00 bits per heavy atom. The first-order valence-corrected chi connectivity index (χ1v) is 11.4. The zero-order chi connectivity index (χ0) is 21.5. The van der Waals surface area contributed by atoms with E-state index in [0.717, 1.165) is 22.3 Å². The first-order chi connectivity index (χ1) is 13.6. The molecule has 0 saturated carbocycles. The molecule has 1 aromatic rings. The van der Waals surface area contributed by atoms with Crippen molar-refractivity contribution in [2.75, 3.05) is 39.3 Å². The number of imide groups is 1. The number of nitrogens with zero attached hydrogens (tertiary/aromatic N) is 3. The molecule has 0 aliphatic carbocycles. The van der Waals surface area contributed by atoms with Crippen LogP contribution in [0.4, 0.5) is 4.79 Å². The minimum absolute atomic E-state index is 0.239. The van der Waals surface area contributed by atoms with Gasteiger partial charge >= 0.3 is 6.03 Å². The lowest BCUT2D eigenvalue weighted by Crippen LogP contribution is -2.55. The second kappa shape index (κ2) is 8.04. The van der Waals surface area contributed by atoms with Gasteiger partial charge in [0, 0.05) is 39.3 Å². The molecule has 0 aromatic heterocycles. The fraction of sp³-hybridized carbons (Fsp3) is 0.600. The number of rotatable bonds is 4. The maximum Gasteiger partial charge on any atom is 0.324 e. The minimum Gasteiger partial charge on any atom is -0.336 e. The Morgan fingerprint density at radius 3 is 2.03 bits per heavy atom. The van der Waals surface area contributed by atoms with Crippen LogP contribution in [0.5, 0.6) is 0 Å². The van der Waals surface area contributed by atoms with Gasteiger partial charge in [-0.25, -0.2) is 13.2 Å². The average Bonchev–Trinajstić information content (AvgIpc) is 3.11. The Balaban J connectivity index is 1.74. The second-order valence-corrected chi connectivity index (χ2v) is 9.80. The number of benzene rings is 1. The lowest BCUT2D eigenvalue weighted by atomic mass is 10.0. The van der Waals surface area contributed by atoms with Gasteiger partial charge in [-0.2, -0.15) is 4.31 Å². The van der Waals surface area contributed by atoms with Crippen molar-refractivity contribution in [3.63, 3.8) is 0 Å². The van der Waals surface area contributed by atoms with E-state index in [9.17, 15) is 18.0 Å². The molecule has 9 heteroatoms. The van der Waals surface area contributed by atoms with Crippen LogP contribution in [-0.4, -0.2) is 79.8 Å². The summed E-state index contributed by atoms with van der Waals surface area (Å²) in [5.74, 6) is -0.239. The van der Waals surface area contributed by atoms with Crippen molar-refractivity contribution in [1.82, 2.24) is 19.4 Å². The number of amides is 3. The van der Waals surface area contributed by atoms with Crippen LogP contribution in [0.15, 0.2) is 11.0 Å². The molecule has 29 heavy (non-hydrogen) atoms. The van der Waals surface area contributed by atoms with E-state index in [0.29, 0.717) is 44.2 Å². The summed E-state index contributed by atoms with van der Waals surface area (Å²) in [7, 11) is -3.61. The van der Waals surface area contributed by atoms with Crippen LogP contribution >= 0.6 is 0 Å². The summed E-state index contributed by atoms with van der Waals surface area (Å²) >= 11 is 0. The van der Waals surface area contributed by atoms with E-state index in [1.807, 2.05) is 38.7 Å². The molecule has 1 atom stereocenters. The third-order valence-corrected chi connectivity index (χ3v) is 8.37. The second-order valence-electron chi connectivity index (χ2n) is 7.93. The van der Waals surface area contributed by atoms with Gasteiger partial charge in [0.2, 0.25) is 15.9 Å². The number of nitrogens with one attached hydrogen (secondary N) is 1. The summed E-state index contributed by atoms with van der Waals surface area (Å²) in [6, 6.07) is 1.20. The van der Waals surface area contributed by atoms with E-state index in [2.05, 4.69) is 5.32 Å². The quantitative estimate of drug-likeness (QED) is 0.787. The normalized spacial score (nSPS) is 20.0. The fourth-order valence-corrected chi connectivity index (χ4v) is 6.09. The number of aryl methyl sites for hydroxylation is 2. The first-order valence-electron chi connectivity index (χ1n) is 9.96. The monoisotopic (exact) mass is 422 g/mol. The molecule has 0 bridgehead atoms. The third kappa shape index (κ3) is 3.91. The SMILES string of the molecule is Cc1cc(C)c(C)c(S(=O)(=O)N2CCN([C@H](C)C(=O)N3CCNC3=O)CC2)c1C. The molecule has 0 radical (unpaired) electrons. The Hall–Kier alpha value is -1.97. The largest absolute Gasteiger partial charge is 0.336 e. The van der Waals surface area contributed by atoms with Gasteiger partial charge in [-0.05, 0) is 56.9 Å². The molecule has 2 heterocycles. The summed E-state index contributed by atoms with van der Waals surface area (Å²) in [6.45, 7) is 11.7. The molecule has 3 rings (SSSR count). The highest BCUT2D eigenvalue weighted by Gasteiger charge is 2.36. The van der Waals surface area contributed by atoms with Crippen molar-refractivity contribution >= 4 is 22.0 Å². The number of piperazine rings is 1. The molecule has 1 N–H and O–H groups in total. The van der Waals surface area contributed by atoms with Gasteiger partial charge < -0.3 is 5.32 Å². The van der Waals surface area contributed by atoms with Gasteiger partial charge in [0.25, 0.3) is 0 Å². The van der Waals surface area contributed by atoms with Gasteiger partial charge in [0.05, 0.1) is 10.9 Å². The topological polar surface area (TPSA) is 90.0 Å². The predicted molar refractivity (Wildman–Crippen MR) is 110 cm³/mol. The predicted octanol–water partition coefficient (Wildman–Crippen LogP) is 1.17. The minimum atomic E-state index is -3.61. The van der Waals surface area contributed by atoms with Crippen molar-refractivity contribution in [1.29, 1.82) is 0 Å². The summed E-state index contributed by atoms with van der Waals surface area (Å²) in [6.07, 6.45) is 0. The van der Waals surface area contributed by atoms with Crippen molar-refractivity contribution in [3.05, 3.63) is 28.3 Å². The molecule has 1 aromatic carbocycles. The van der Waals surface area contributed by atoms with E-state index in [4.69, 9.17) is 0 Å². The van der Waals surface area contributed by atoms with Crippen LogP contribution < -0.4 is 5.32 Å². The van der Waals surface area contributed by atoms with Crippen LogP contribution in [0.3, 0.4) is 0 Å². The fourth-order valence-electron chi connectivity index (χ4n) is 4.09. The van der Waals surface area contributed by atoms with Crippen LogP contribution in [0.1, 0.15) is 29.2 Å². The van der Waals surface area contributed by atoms with Crippen LogP contribution in [0.25, 0.3) is 0 Å². The van der Waals surface area contributed by atoms with Gasteiger partial charge in [0.15, 0.2) is 0 Å². The molecule has 8 nitrogen and oxygen atoms in total. The molecule has 3 amide bonds. The summed E-state index contributed by atoms with van der Waals surface area (Å²) in [4.78, 5) is 27.9. The molecule has 2 saturated heterocycles. The zero-order valence-electron chi connectivity index (χ0n) is 17.8. The van der Waals surface area contributed by atoms with Crippen molar-refractivity contribution in [2.24, 2.45) is 0 Å². The molecular formula is C20H30N4O4S. The highest BCUT2D eigenvalue weighted by Crippen LogP contribution is 2.29. The Bertz CT molecular complexity index is 910.